The van der Waals surface area contributed by atoms with Crippen LogP contribution >= 0.6 is 0 Å². The zero-order valence-electron chi connectivity index (χ0n) is 13.1. The summed E-state index contributed by atoms with van der Waals surface area (Å²) in [5, 5.41) is 2.53. The van der Waals surface area contributed by atoms with Crippen molar-refractivity contribution in [2.45, 2.75) is 25.1 Å². The number of anilines is 1. The molecule has 0 saturated carbocycles. The summed E-state index contributed by atoms with van der Waals surface area (Å²) in [6.07, 6.45) is -3.72. The van der Waals surface area contributed by atoms with Crippen LogP contribution < -0.4 is 5.32 Å². The summed E-state index contributed by atoms with van der Waals surface area (Å²) in [5.41, 5.74) is -0.484. The van der Waals surface area contributed by atoms with E-state index >= 15 is 0 Å². The highest BCUT2D eigenvalue weighted by Gasteiger charge is 2.31. The molecule has 1 fully saturated rings. The van der Waals surface area contributed by atoms with Crippen LogP contribution in [0.5, 0.6) is 0 Å². The van der Waals surface area contributed by atoms with E-state index in [2.05, 4.69) is 5.32 Å². The van der Waals surface area contributed by atoms with Gasteiger partial charge in [0.1, 0.15) is 0 Å². The van der Waals surface area contributed by atoms with Crippen LogP contribution in [0.25, 0.3) is 0 Å². The highest BCUT2D eigenvalue weighted by Crippen LogP contribution is 2.29. The second-order valence-corrected chi connectivity index (χ2v) is 8.14. The smallest absolute Gasteiger partial charge is 0.326 e. The summed E-state index contributed by atoms with van der Waals surface area (Å²) in [6.45, 7) is 0.382. The molecule has 1 aromatic carbocycles. The van der Waals surface area contributed by atoms with Crippen LogP contribution in [0.2, 0.25) is 0 Å². The van der Waals surface area contributed by atoms with Crippen LogP contribution in [0.4, 0.5) is 18.9 Å². The Balaban J connectivity index is 1.81. The number of rotatable bonds is 5. The number of hydrogen-bond donors (Lipinski definition) is 1. The van der Waals surface area contributed by atoms with E-state index in [4.69, 9.17) is 0 Å². The van der Waals surface area contributed by atoms with Crippen molar-refractivity contribution < 1.29 is 26.4 Å². The minimum atomic E-state index is -4.41. The molecule has 2 rings (SSSR count). The quantitative estimate of drug-likeness (QED) is 0.870. The molecule has 0 aliphatic carbocycles. The van der Waals surface area contributed by atoms with Crippen molar-refractivity contribution >= 4 is 21.4 Å². The van der Waals surface area contributed by atoms with Crippen molar-refractivity contribution in [1.29, 1.82) is 0 Å². The molecule has 134 valence electrons. The maximum Gasteiger partial charge on any atom is 0.416 e. The van der Waals surface area contributed by atoms with Crippen LogP contribution in [-0.4, -0.2) is 50.4 Å². The Bertz CT molecular complexity index is 687. The SMILES string of the molecule is CN(CCC(=O)Nc1ccc(C(F)(F)F)cc1)C1CCS(=O)(=O)C1. The molecule has 1 aliphatic rings. The van der Waals surface area contributed by atoms with Crippen molar-refractivity contribution in [2.24, 2.45) is 0 Å². The molecule has 1 amide bonds. The third kappa shape index (κ3) is 5.20. The second kappa shape index (κ2) is 7.10. The highest BCUT2D eigenvalue weighted by molar-refractivity contribution is 7.91. The van der Waals surface area contributed by atoms with E-state index in [0.717, 1.165) is 12.1 Å². The van der Waals surface area contributed by atoms with Gasteiger partial charge in [0.2, 0.25) is 5.91 Å². The lowest BCUT2D eigenvalue weighted by atomic mass is 10.2. The van der Waals surface area contributed by atoms with E-state index in [1.54, 1.807) is 7.05 Å². The molecule has 24 heavy (non-hydrogen) atoms. The first kappa shape index (κ1) is 18.7. The number of nitrogens with zero attached hydrogens (tertiary/aromatic N) is 1. The number of nitrogens with one attached hydrogen (secondary N) is 1. The van der Waals surface area contributed by atoms with Crippen molar-refractivity contribution in [3.05, 3.63) is 29.8 Å². The minimum absolute atomic E-state index is 0.0890. The lowest BCUT2D eigenvalue weighted by Gasteiger charge is -2.22. The molecule has 1 atom stereocenters. The zero-order valence-corrected chi connectivity index (χ0v) is 14.0. The molecule has 1 saturated heterocycles. The molecule has 1 heterocycles. The highest BCUT2D eigenvalue weighted by atomic mass is 32.2. The molecule has 1 aliphatic heterocycles. The summed E-state index contributed by atoms with van der Waals surface area (Å²) >= 11 is 0. The monoisotopic (exact) mass is 364 g/mol. The van der Waals surface area contributed by atoms with Gasteiger partial charge in [0, 0.05) is 24.7 Å². The molecule has 0 aromatic heterocycles. The van der Waals surface area contributed by atoms with Gasteiger partial charge in [-0.15, -0.1) is 0 Å². The van der Waals surface area contributed by atoms with Crippen molar-refractivity contribution in [3.8, 4) is 0 Å². The van der Waals surface area contributed by atoms with Crippen LogP contribution in [0.15, 0.2) is 24.3 Å². The van der Waals surface area contributed by atoms with Gasteiger partial charge < -0.3 is 10.2 Å². The Morgan fingerprint density at radius 1 is 1.29 bits per heavy atom. The summed E-state index contributed by atoms with van der Waals surface area (Å²) in [5.74, 6) is -0.0634. The molecule has 1 aromatic rings. The Kier molecular flexibility index (Phi) is 5.54. The second-order valence-electron chi connectivity index (χ2n) is 5.91. The summed E-state index contributed by atoms with van der Waals surface area (Å²) < 4.78 is 60.2. The maximum atomic E-state index is 12.5. The van der Waals surface area contributed by atoms with E-state index in [1.807, 2.05) is 4.90 Å². The van der Waals surface area contributed by atoms with Gasteiger partial charge in [-0.25, -0.2) is 8.42 Å². The zero-order chi connectivity index (χ0) is 18.0. The lowest BCUT2D eigenvalue weighted by Crippen LogP contribution is -2.35. The first-order valence-electron chi connectivity index (χ1n) is 7.44. The first-order valence-corrected chi connectivity index (χ1v) is 9.27. The topological polar surface area (TPSA) is 66.5 Å². The van der Waals surface area contributed by atoms with Crippen LogP contribution in [-0.2, 0) is 20.8 Å². The molecule has 0 spiro atoms. The molecular weight excluding hydrogens is 345 g/mol. The number of alkyl halides is 3. The molecular formula is C15H19F3N2O3S. The van der Waals surface area contributed by atoms with Gasteiger partial charge in [-0.1, -0.05) is 0 Å². The van der Waals surface area contributed by atoms with Crippen molar-refractivity contribution in [1.82, 2.24) is 4.90 Å². The summed E-state index contributed by atoms with van der Waals surface area (Å²) in [7, 11) is -1.22. The summed E-state index contributed by atoms with van der Waals surface area (Å²) in [6, 6.07) is 4.13. The molecule has 1 unspecified atom stereocenters. The third-order valence-corrected chi connectivity index (χ3v) is 5.77. The molecule has 9 heteroatoms. The van der Waals surface area contributed by atoms with Gasteiger partial charge in [-0.2, -0.15) is 13.2 Å². The lowest BCUT2D eigenvalue weighted by molar-refractivity contribution is -0.137. The molecule has 0 radical (unpaired) electrons. The molecule has 0 bridgehead atoms. The Hall–Kier alpha value is -1.61. The van der Waals surface area contributed by atoms with Crippen LogP contribution in [0, 0.1) is 0 Å². The largest absolute Gasteiger partial charge is 0.416 e. The minimum Gasteiger partial charge on any atom is -0.326 e. The average molecular weight is 364 g/mol. The van der Waals surface area contributed by atoms with Crippen LogP contribution in [0.1, 0.15) is 18.4 Å². The first-order chi connectivity index (χ1) is 11.1. The number of carbonyl (C=O) groups excluding carboxylic acids is 1. The fourth-order valence-corrected chi connectivity index (χ4v) is 4.35. The number of halogens is 3. The third-order valence-electron chi connectivity index (χ3n) is 4.02. The number of amides is 1. The number of benzene rings is 1. The van der Waals surface area contributed by atoms with E-state index in [1.165, 1.54) is 12.1 Å². The fraction of sp³-hybridized carbons (Fsp3) is 0.533. The molecule has 5 nitrogen and oxygen atoms in total. The molecule has 1 N–H and O–H groups in total. The van der Waals surface area contributed by atoms with E-state index in [9.17, 15) is 26.4 Å². The predicted octanol–water partition coefficient (Wildman–Crippen LogP) is 2.15. The normalized spacial score (nSPS) is 20.3. The average Bonchev–Trinajstić information content (AvgIpc) is 2.85. The van der Waals surface area contributed by atoms with Gasteiger partial charge in [-0.05, 0) is 37.7 Å². The van der Waals surface area contributed by atoms with Gasteiger partial charge >= 0.3 is 6.18 Å². The standard InChI is InChI=1S/C15H19F3N2O3S/c1-20(13-7-9-24(22,23)10-13)8-6-14(21)19-12-4-2-11(3-5-12)15(16,17)18/h2-5,13H,6-10H2,1H3,(H,19,21). The Morgan fingerprint density at radius 2 is 1.92 bits per heavy atom. The Morgan fingerprint density at radius 3 is 2.42 bits per heavy atom. The van der Waals surface area contributed by atoms with E-state index in [-0.39, 0.29) is 29.9 Å². The summed E-state index contributed by atoms with van der Waals surface area (Å²) in [4.78, 5) is 13.7. The number of carbonyl (C=O) groups is 1. The van der Waals surface area contributed by atoms with Gasteiger partial charge in [0.25, 0.3) is 0 Å². The fourth-order valence-electron chi connectivity index (χ4n) is 2.55. The van der Waals surface area contributed by atoms with Crippen molar-refractivity contribution in [2.75, 3.05) is 30.4 Å². The Labute approximate surface area is 138 Å². The number of hydrogen-bond acceptors (Lipinski definition) is 4. The van der Waals surface area contributed by atoms with E-state index in [0.29, 0.717) is 18.7 Å². The van der Waals surface area contributed by atoms with Crippen LogP contribution in [0.3, 0.4) is 0 Å². The van der Waals surface area contributed by atoms with Gasteiger partial charge in [-0.3, -0.25) is 4.79 Å². The van der Waals surface area contributed by atoms with Crippen molar-refractivity contribution in [3.63, 3.8) is 0 Å². The van der Waals surface area contributed by atoms with E-state index < -0.39 is 21.6 Å². The predicted molar refractivity (Wildman–Crippen MR) is 84.4 cm³/mol. The number of sulfone groups is 1. The maximum absolute atomic E-state index is 12.5. The van der Waals surface area contributed by atoms with Gasteiger partial charge in [0.15, 0.2) is 9.84 Å². The van der Waals surface area contributed by atoms with Gasteiger partial charge in [0.05, 0.1) is 17.1 Å².